The number of rotatable bonds is 2. The number of aromatic nitrogens is 2. The van der Waals surface area contributed by atoms with Gasteiger partial charge in [-0.05, 0) is 25.8 Å². The molecule has 1 aromatic carbocycles. The monoisotopic (exact) mass is 354 g/mol. The maximum Gasteiger partial charge on any atom is 0.274 e. The Morgan fingerprint density at radius 2 is 2.08 bits per heavy atom. The number of hydrogen-bond donors (Lipinski definition) is 2. The molecule has 2 atom stereocenters. The molecule has 2 fully saturated rings. The molecule has 0 saturated carbocycles. The van der Waals surface area contributed by atoms with Crippen molar-refractivity contribution in [2.45, 2.75) is 31.9 Å². The van der Waals surface area contributed by atoms with Gasteiger partial charge in [0.25, 0.3) is 5.91 Å². The van der Waals surface area contributed by atoms with Crippen LogP contribution in [-0.4, -0.2) is 52.5 Å². The van der Waals surface area contributed by atoms with E-state index in [1.807, 2.05) is 44.2 Å². The zero-order valence-corrected chi connectivity index (χ0v) is 14.9. The Balaban J connectivity index is 1.62. The maximum atomic E-state index is 12.9. The number of imidazole rings is 1. The molecular weight excluding hydrogens is 332 g/mol. The fourth-order valence-corrected chi connectivity index (χ4v) is 4.01. The number of likely N-dealkylation sites (tertiary alicyclic amines) is 1. The van der Waals surface area contributed by atoms with Crippen LogP contribution in [-0.2, 0) is 15.1 Å². The van der Waals surface area contributed by atoms with Crippen LogP contribution in [0.15, 0.2) is 30.3 Å². The third kappa shape index (κ3) is 2.68. The molecule has 7 nitrogen and oxygen atoms in total. The highest BCUT2D eigenvalue weighted by atomic mass is 16.5. The Bertz CT molecular complexity index is 848. The van der Waals surface area contributed by atoms with E-state index >= 15 is 0 Å². The quantitative estimate of drug-likeness (QED) is 0.851. The second-order valence-corrected chi connectivity index (χ2v) is 6.98. The van der Waals surface area contributed by atoms with Gasteiger partial charge < -0.3 is 19.9 Å². The lowest BCUT2D eigenvalue weighted by atomic mass is 9.77. The van der Waals surface area contributed by atoms with Crippen LogP contribution in [0, 0.1) is 13.8 Å². The summed E-state index contributed by atoms with van der Waals surface area (Å²) in [6.45, 7) is 4.64. The number of nitrogens with zero attached hydrogens (tertiary/aromatic N) is 2. The van der Waals surface area contributed by atoms with Crippen molar-refractivity contribution in [3.05, 3.63) is 53.1 Å². The van der Waals surface area contributed by atoms with Crippen molar-refractivity contribution >= 4 is 11.8 Å². The molecule has 0 aliphatic carbocycles. The average Bonchev–Trinajstić information content (AvgIpc) is 2.99. The number of aromatic amines is 1. The number of carbonyl (C=O) groups excluding carboxylic acids is 2. The smallest absolute Gasteiger partial charge is 0.274 e. The van der Waals surface area contributed by atoms with Crippen molar-refractivity contribution in [2.24, 2.45) is 0 Å². The van der Waals surface area contributed by atoms with Crippen LogP contribution in [0.4, 0.5) is 0 Å². The van der Waals surface area contributed by atoms with E-state index in [0.717, 1.165) is 17.1 Å². The van der Waals surface area contributed by atoms with Crippen molar-refractivity contribution in [1.29, 1.82) is 0 Å². The first-order valence-corrected chi connectivity index (χ1v) is 8.80. The van der Waals surface area contributed by atoms with Gasteiger partial charge in [0.2, 0.25) is 5.91 Å². The summed E-state index contributed by atoms with van der Waals surface area (Å²) >= 11 is 0. The van der Waals surface area contributed by atoms with Gasteiger partial charge in [-0.15, -0.1) is 0 Å². The van der Waals surface area contributed by atoms with E-state index < -0.39 is 5.54 Å². The highest BCUT2D eigenvalue weighted by molar-refractivity contribution is 5.93. The summed E-state index contributed by atoms with van der Waals surface area (Å²) in [5.74, 6) is 0.500. The summed E-state index contributed by atoms with van der Waals surface area (Å²) in [6.07, 6.45) is 0.308. The second kappa shape index (κ2) is 6.25. The summed E-state index contributed by atoms with van der Waals surface area (Å²) in [7, 11) is 0. The molecule has 2 saturated heterocycles. The van der Waals surface area contributed by atoms with E-state index in [1.54, 1.807) is 4.90 Å². The molecule has 7 heteroatoms. The van der Waals surface area contributed by atoms with Gasteiger partial charge in [0.1, 0.15) is 24.2 Å². The first-order valence-electron chi connectivity index (χ1n) is 8.80. The van der Waals surface area contributed by atoms with Gasteiger partial charge in [0.05, 0.1) is 5.54 Å². The number of carbonyl (C=O) groups is 2. The van der Waals surface area contributed by atoms with Crippen LogP contribution in [0.5, 0.6) is 0 Å². The molecular formula is C19H22N4O3. The SMILES string of the molecule is Cc1nc(C(=O)N2CC[C@@]3(c4ccccc4)NC(=O)CO[C@@H]3C2)c(C)[nH]1. The van der Waals surface area contributed by atoms with Gasteiger partial charge in [0.15, 0.2) is 0 Å². The topological polar surface area (TPSA) is 87.3 Å². The fraction of sp³-hybridized carbons (Fsp3) is 0.421. The number of hydrogen-bond acceptors (Lipinski definition) is 4. The summed E-state index contributed by atoms with van der Waals surface area (Å²) in [5, 5.41) is 3.14. The van der Waals surface area contributed by atoms with E-state index in [2.05, 4.69) is 15.3 Å². The lowest BCUT2D eigenvalue weighted by Gasteiger charge is -2.50. The number of ether oxygens (including phenoxy) is 1. The van der Waals surface area contributed by atoms with Crippen LogP contribution in [0.3, 0.4) is 0 Å². The van der Waals surface area contributed by atoms with Crippen LogP contribution >= 0.6 is 0 Å². The summed E-state index contributed by atoms with van der Waals surface area (Å²) in [6, 6.07) is 9.86. The lowest BCUT2D eigenvalue weighted by Crippen LogP contribution is -2.67. The standard InChI is InChI=1S/C19H22N4O3/c1-12-17(21-13(2)20-12)18(25)23-9-8-19(14-6-4-3-5-7-14)15(10-23)26-11-16(24)22-19/h3-7,15H,8-11H2,1-2H3,(H,20,21)(H,22,24)/t15-,19+/m1/s1. The van der Waals surface area contributed by atoms with Gasteiger partial charge in [-0.1, -0.05) is 30.3 Å². The molecule has 0 radical (unpaired) electrons. The van der Waals surface area contributed by atoms with E-state index in [-0.39, 0.29) is 24.5 Å². The van der Waals surface area contributed by atoms with Crippen molar-refractivity contribution in [3.63, 3.8) is 0 Å². The number of fused-ring (bicyclic) bond motifs is 1. The lowest BCUT2D eigenvalue weighted by molar-refractivity contribution is -0.150. The zero-order valence-electron chi connectivity index (χ0n) is 14.9. The molecule has 0 spiro atoms. The Kier molecular flexibility index (Phi) is 4.03. The van der Waals surface area contributed by atoms with Crippen LogP contribution in [0.1, 0.15) is 34.0 Å². The summed E-state index contributed by atoms with van der Waals surface area (Å²) in [4.78, 5) is 34.1. The Labute approximate surface area is 151 Å². The summed E-state index contributed by atoms with van der Waals surface area (Å²) in [5.41, 5.74) is 1.64. The van der Waals surface area contributed by atoms with E-state index in [0.29, 0.717) is 25.2 Å². The Morgan fingerprint density at radius 3 is 2.77 bits per heavy atom. The minimum atomic E-state index is -0.593. The molecule has 0 bridgehead atoms. The average molecular weight is 354 g/mol. The number of nitrogens with one attached hydrogen (secondary N) is 2. The van der Waals surface area contributed by atoms with Crippen LogP contribution in [0.2, 0.25) is 0 Å². The molecule has 0 unspecified atom stereocenters. The number of benzene rings is 1. The third-order valence-corrected chi connectivity index (χ3v) is 5.27. The minimum Gasteiger partial charge on any atom is -0.364 e. The normalized spacial score (nSPS) is 25.5. The van der Waals surface area contributed by atoms with Crippen LogP contribution in [0.25, 0.3) is 0 Å². The summed E-state index contributed by atoms with van der Waals surface area (Å²) < 4.78 is 5.87. The first-order chi connectivity index (χ1) is 12.5. The molecule has 2 amide bonds. The van der Waals surface area contributed by atoms with Gasteiger partial charge in [-0.2, -0.15) is 0 Å². The van der Waals surface area contributed by atoms with Crippen molar-refractivity contribution in [3.8, 4) is 0 Å². The van der Waals surface area contributed by atoms with Gasteiger partial charge >= 0.3 is 0 Å². The maximum absolute atomic E-state index is 12.9. The molecule has 3 heterocycles. The highest BCUT2D eigenvalue weighted by Gasteiger charge is 2.50. The Hall–Kier alpha value is -2.67. The fourth-order valence-electron chi connectivity index (χ4n) is 4.01. The van der Waals surface area contributed by atoms with Gasteiger partial charge in [0, 0.05) is 18.8 Å². The Morgan fingerprint density at radius 1 is 1.31 bits per heavy atom. The number of piperidine rings is 1. The molecule has 2 aliphatic rings. The van der Waals surface area contributed by atoms with Gasteiger partial charge in [-0.3, -0.25) is 9.59 Å². The molecule has 26 heavy (non-hydrogen) atoms. The zero-order chi connectivity index (χ0) is 18.3. The van der Waals surface area contributed by atoms with Crippen LogP contribution < -0.4 is 5.32 Å². The molecule has 4 rings (SSSR count). The van der Waals surface area contributed by atoms with E-state index in [4.69, 9.17) is 4.74 Å². The molecule has 2 N–H and O–H groups in total. The van der Waals surface area contributed by atoms with Crippen molar-refractivity contribution < 1.29 is 14.3 Å². The van der Waals surface area contributed by atoms with Crippen molar-refractivity contribution in [2.75, 3.05) is 19.7 Å². The molecule has 2 aromatic rings. The predicted octanol–water partition coefficient (Wildman–Crippen LogP) is 1.28. The predicted molar refractivity (Wildman–Crippen MR) is 94.6 cm³/mol. The number of aryl methyl sites for hydroxylation is 2. The largest absolute Gasteiger partial charge is 0.364 e. The third-order valence-electron chi connectivity index (χ3n) is 5.27. The van der Waals surface area contributed by atoms with E-state index in [9.17, 15) is 9.59 Å². The molecule has 2 aliphatic heterocycles. The molecule has 1 aromatic heterocycles. The minimum absolute atomic E-state index is 0.0157. The second-order valence-electron chi connectivity index (χ2n) is 6.98. The number of morpholine rings is 1. The van der Waals surface area contributed by atoms with Crippen molar-refractivity contribution in [1.82, 2.24) is 20.2 Å². The van der Waals surface area contributed by atoms with E-state index in [1.165, 1.54) is 0 Å². The van der Waals surface area contributed by atoms with Gasteiger partial charge in [-0.25, -0.2) is 4.98 Å². The number of amides is 2. The number of H-pyrrole nitrogens is 1. The highest BCUT2D eigenvalue weighted by Crippen LogP contribution is 2.37. The first kappa shape index (κ1) is 16.8. The molecule has 136 valence electrons.